The quantitative estimate of drug-likeness (QED) is 0.422. The maximum atomic E-state index is 15.0. The largest absolute Gasteiger partial charge is 0.496 e. The van der Waals surface area contributed by atoms with Crippen molar-refractivity contribution in [3.63, 3.8) is 0 Å². The van der Waals surface area contributed by atoms with Crippen molar-refractivity contribution in [1.82, 2.24) is 20.9 Å². The van der Waals surface area contributed by atoms with Crippen molar-refractivity contribution in [2.75, 3.05) is 13.7 Å². The number of aromatic amines is 1. The summed E-state index contributed by atoms with van der Waals surface area (Å²) >= 11 is 0. The van der Waals surface area contributed by atoms with Crippen LogP contribution in [0.5, 0.6) is 5.75 Å². The Morgan fingerprint density at radius 2 is 2.09 bits per heavy atom. The predicted octanol–water partition coefficient (Wildman–Crippen LogP) is 2.38. The second kappa shape index (κ2) is 11.0. The van der Waals surface area contributed by atoms with Gasteiger partial charge in [0.05, 0.1) is 24.1 Å². The van der Waals surface area contributed by atoms with Gasteiger partial charge in [0.25, 0.3) is 5.91 Å². The van der Waals surface area contributed by atoms with E-state index in [2.05, 4.69) is 20.9 Å². The van der Waals surface area contributed by atoms with E-state index in [1.165, 1.54) is 7.11 Å². The third kappa shape index (κ3) is 5.65. The van der Waals surface area contributed by atoms with Gasteiger partial charge in [-0.3, -0.25) is 14.4 Å². The van der Waals surface area contributed by atoms with Gasteiger partial charge in [0, 0.05) is 12.5 Å². The summed E-state index contributed by atoms with van der Waals surface area (Å²) in [4.78, 5) is 40.4. The number of nitriles is 1. The zero-order valence-corrected chi connectivity index (χ0v) is 19.5. The Kier molecular flexibility index (Phi) is 8.10. The number of carbonyl (C=O) groups excluding carboxylic acids is 3. The topological polar surface area (TPSA) is 136 Å². The molecular weight excluding hydrogens is 441 g/mol. The molecule has 0 aliphatic carbocycles. The van der Waals surface area contributed by atoms with Crippen LogP contribution in [0.25, 0.3) is 10.9 Å². The number of fused-ring (bicyclic) bond motifs is 1. The number of nitrogens with one attached hydrogen (secondary N) is 4. The van der Waals surface area contributed by atoms with Gasteiger partial charge in [0.1, 0.15) is 23.5 Å². The molecule has 3 atom stereocenters. The molecule has 2 aromatic rings. The lowest BCUT2D eigenvalue weighted by molar-refractivity contribution is -0.123. The number of carbonyl (C=O) groups is 3. The second-order valence-corrected chi connectivity index (χ2v) is 8.90. The molecule has 3 amide bonds. The van der Waals surface area contributed by atoms with Gasteiger partial charge in [-0.05, 0) is 43.7 Å². The molecule has 9 nitrogen and oxygen atoms in total. The van der Waals surface area contributed by atoms with Crippen LogP contribution in [0, 0.1) is 29.0 Å². The Hall–Kier alpha value is -3.61. The monoisotopic (exact) mass is 471 g/mol. The number of halogens is 1. The molecule has 1 aliphatic rings. The minimum absolute atomic E-state index is 0.0371. The fourth-order valence-corrected chi connectivity index (χ4v) is 4.17. The Labute approximate surface area is 197 Å². The van der Waals surface area contributed by atoms with Gasteiger partial charge < -0.3 is 25.7 Å². The molecule has 4 N–H and O–H groups in total. The number of amides is 3. The number of nitrogens with zero attached hydrogens (tertiary/aromatic N) is 1. The molecule has 34 heavy (non-hydrogen) atoms. The van der Waals surface area contributed by atoms with E-state index in [4.69, 9.17) is 4.74 Å². The molecule has 2 heterocycles. The molecule has 10 heteroatoms. The average molecular weight is 472 g/mol. The number of aromatic nitrogens is 1. The molecule has 0 radical (unpaired) electrons. The van der Waals surface area contributed by atoms with Crippen LogP contribution in [0.15, 0.2) is 18.2 Å². The lowest BCUT2D eigenvalue weighted by Gasteiger charge is -2.22. The van der Waals surface area contributed by atoms with Crippen molar-refractivity contribution in [1.29, 1.82) is 5.26 Å². The Morgan fingerprint density at radius 1 is 1.32 bits per heavy atom. The molecule has 0 bridgehead atoms. The standard InChI is InChI=1S/C24H30FN5O4/c1-13(2)11-17(23(32)28-15(12-26)8-7-14-9-10-27-22(14)31)30-24(33)21-20(25)19-16(29-21)5-4-6-18(19)34-3/h4-6,13-15,17,29H,7-11H2,1-3H3,(H,27,31)(H,28,32)(H,30,33)/t14-,15+,17+/m1/s1. The highest BCUT2D eigenvalue weighted by atomic mass is 19.1. The van der Waals surface area contributed by atoms with Gasteiger partial charge in [-0.25, -0.2) is 4.39 Å². The summed E-state index contributed by atoms with van der Waals surface area (Å²) in [6.45, 7) is 4.40. The van der Waals surface area contributed by atoms with E-state index >= 15 is 4.39 Å². The molecule has 3 rings (SSSR count). The van der Waals surface area contributed by atoms with Crippen LogP contribution in [0.4, 0.5) is 4.39 Å². The maximum Gasteiger partial charge on any atom is 0.271 e. The highest BCUT2D eigenvalue weighted by Crippen LogP contribution is 2.30. The van der Waals surface area contributed by atoms with Crippen LogP contribution in [-0.2, 0) is 9.59 Å². The number of ether oxygens (including phenoxy) is 1. The molecule has 0 unspecified atom stereocenters. The summed E-state index contributed by atoms with van der Waals surface area (Å²) in [7, 11) is 1.41. The SMILES string of the molecule is COc1cccc2[nH]c(C(=O)N[C@@H](CC(C)C)C(=O)N[C@H](C#N)CC[C@@H]3CCNC3=O)c(F)c12. The van der Waals surface area contributed by atoms with Crippen molar-refractivity contribution < 1.29 is 23.5 Å². The van der Waals surface area contributed by atoms with Crippen molar-refractivity contribution in [3.05, 3.63) is 29.7 Å². The summed E-state index contributed by atoms with van der Waals surface area (Å²) in [5.41, 5.74) is 0.0949. The zero-order valence-electron chi connectivity index (χ0n) is 19.5. The Morgan fingerprint density at radius 3 is 2.71 bits per heavy atom. The lowest BCUT2D eigenvalue weighted by Crippen LogP contribution is -2.50. The molecule has 0 spiro atoms. The molecule has 1 aromatic carbocycles. The number of rotatable bonds is 10. The molecule has 1 fully saturated rings. The third-order valence-corrected chi connectivity index (χ3v) is 5.94. The molecule has 1 aromatic heterocycles. The van der Waals surface area contributed by atoms with E-state index in [1.807, 2.05) is 19.9 Å². The van der Waals surface area contributed by atoms with Gasteiger partial charge in [-0.1, -0.05) is 19.9 Å². The van der Waals surface area contributed by atoms with Crippen molar-refractivity contribution in [3.8, 4) is 11.8 Å². The number of hydrogen-bond acceptors (Lipinski definition) is 5. The summed E-state index contributed by atoms with van der Waals surface area (Å²) in [6, 6.07) is 5.16. The first-order chi connectivity index (χ1) is 16.2. The maximum absolute atomic E-state index is 15.0. The van der Waals surface area contributed by atoms with E-state index < -0.39 is 29.7 Å². The highest BCUT2D eigenvalue weighted by molar-refractivity contribution is 6.02. The van der Waals surface area contributed by atoms with Crippen molar-refractivity contribution in [2.45, 2.75) is 51.6 Å². The van der Waals surface area contributed by atoms with Gasteiger partial charge in [-0.2, -0.15) is 5.26 Å². The first-order valence-electron chi connectivity index (χ1n) is 11.4. The zero-order chi connectivity index (χ0) is 24.8. The smallest absolute Gasteiger partial charge is 0.271 e. The predicted molar refractivity (Wildman–Crippen MR) is 123 cm³/mol. The second-order valence-electron chi connectivity index (χ2n) is 8.90. The molecule has 0 saturated carbocycles. The first-order valence-corrected chi connectivity index (χ1v) is 11.4. The Balaban J connectivity index is 1.71. The normalized spacial score (nSPS) is 17.2. The molecule has 1 aliphatic heterocycles. The lowest BCUT2D eigenvalue weighted by atomic mass is 9.98. The van der Waals surface area contributed by atoms with Crippen LogP contribution in [-0.4, -0.2) is 48.4 Å². The fraction of sp³-hybridized carbons (Fsp3) is 0.500. The minimum atomic E-state index is -0.967. The van der Waals surface area contributed by atoms with Crippen molar-refractivity contribution in [2.24, 2.45) is 11.8 Å². The van der Waals surface area contributed by atoms with Crippen LogP contribution in [0.2, 0.25) is 0 Å². The molecule has 182 valence electrons. The van der Waals surface area contributed by atoms with E-state index in [1.54, 1.807) is 18.2 Å². The van der Waals surface area contributed by atoms with Crippen LogP contribution >= 0.6 is 0 Å². The van der Waals surface area contributed by atoms with E-state index in [0.29, 0.717) is 37.7 Å². The van der Waals surface area contributed by atoms with Crippen LogP contribution < -0.4 is 20.7 Å². The van der Waals surface area contributed by atoms with E-state index in [-0.39, 0.29) is 34.6 Å². The number of H-pyrrole nitrogens is 1. The summed E-state index contributed by atoms with van der Waals surface area (Å²) < 4.78 is 20.2. The number of hydrogen-bond donors (Lipinski definition) is 4. The van der Waals surface area contributed by atoms with Crippen LogP contribution in [0.1, 0.15) is 50.0 Å². The molecular formula is C24H30FN5O4. The van der Waals surface area contributed by atoms with E-state index in [9.17, 15) is 19.6 Å². The fourth-order valence-electron chi connectivity index (χ4n) is 4.17. The van der Waals surface area contributed by atoms with Gasteiger partial charge in [0.15, 0.2) is 5.82 Å². The third-order valence-electron chi connectivity index (χ3n) is 5.94. The summed E-state index contributed by atoms with van der Waals surface area (Å²) in [5.74, 6) is -1.93. The first kappa shape index (κ1) is 25.0. The van der Waals surface area contributed by atoms with Gasteiger partial charge >= 0.3 is 0 Å². The summed E-state index contributed by atoms with van der Waals surface area (Å²) in [5, 5.41) is 17.6. The molecule has 1 saturated heterocycles. The number of benzene rings is 1. The van der Waals surface area contributed by atoms with Gasteiger partial charge in [0.2, 0.25) is 11.8 Å². The number of methoxy groups -OCH3 is 1. The summed E-state index contributed by atoms with van der Waals surface area (Å²) in [6.07, 6.45) is 1.80. The van der Waals surface area contributed by atoms with Crippen molar-refractivity contribution >= 4 is 28.6 Å². The Bertz CT molecular complexity index is 1110. The van der Waals surface area contributed by atoms with E-state index in [0.717, 1.165) is 0 Å². The highest BCUT2D eigenvalue weighted by Gasteiger charge is 2.29. The average Bonchev–Trinajstić information content (AvgIpc) is 3.38. The van der Waals surface area contributed by atoms with Gasteiger partial charge in [-0.15, -0.1) is 0 Å². The minimum Gasteiger partial charge on any atom is -0.496 e. The van der Waals surface area contributed by atoms with Crippen LogP contribution in [0.3, 0.4) is 0 Å².